The normalized spacial score (nSPS) is 10.5. The Kier molecular flexibility index (Phi) is 5.47. The summed E-state index contributed by atoms with van der Waals surface area (Å²) < 4.78 is 14.7. The van der Waals surface area contributed by atoms with Gasteiger partial charge in [0.1, 0.15) is 5.82 Å². The number of benzene rings is 1. The third-order valence-electron chi connectivity index (χ3n) is 3.45. The van der Waals surface area contributed by atoms with Crippen molar-refractivity contribution in [3.63, 3.8) is 0 Å². The molecule has 4 nitrogen and oxygen atoms in total. The maximum atomic E-state index is 13.0. The van der Waals surface area contributed by atoms with Crippen molar-refractivity contribution in [3.8, 4) is 0 Å². The van der Waals surface area contributed by atoms with E-state index in [9.17, 15) is 14.0 Å². The lowest BCUT2D eigenvalue weighted by molar-refractivity contribution is 0.0952. The zero-order valence-electron chi connectivity index (χ0n) is 12.5. The van der Waals surface area contributed by atoms with Gasteiger partial charge in [-0.15, -0.1) is 0 Å². The van der Waals surface area contributed by atoms with Crippen molar-refractivity contribution in [1.29, 1.82) is 0 Å². The van der Waals surface area contributed by atoms with Crippen LogP contribution >= 0.6 is 0 Å². The topological polar surface area (TPSA) is 51.1 Å². The lowest BCUT2D eigenvalue weighted by Crippen LogP contribution is -2.25. The lowest BCUT2D eigenvalue weighted by atomic mass is 10.2. The van der Waals surface area contributed by atoms with Crippen molar-refractivity contribution in [2.45, 2.75) is 26.3 Å². The Morgan fingerprint density at radius 1 is 1.18 bits per heavy atom. The smallest absolute Gasteiger partial charge is 0.251 e. The zero-order chi connectivity index (χ0) is 15.9. The van der Waals surface area contributed by atoms with Gasteiger partial charge >= 0.3 is 0 Å². The number of carbonyl (C=O) groups excluding carboxylic acids is 1. The van der Waals surface area contributed by atoms with E-state index in [1.54, 1.807) is 22.8 Å². The Hall–Kier alpha value is -2.43. The Morgan fingerprint density at radius 2 is 1.95 bits per heavy atom. The number of pyridine rings is 1. The standard InChI is InChI=1S/C17H19FN2O2/c1-13-6-4-9-16(21)20(13)11-3-2-10-19-17(22)14-7-5-8-15(18)12-14/h4-9,12H,2-3,10-11H2,1H3,(H,19,22). The van der Waals surface area contributed by atoms with Crippen LogP contribution in [0.1, 0.15) is 28.9 Å². The van der Waals surface area contributed by atoms with Crippen LogP contribution in [0.5, 0.6) is 0 Å². The van der Waals surface area contributed by atoms with Gasteiger partial charge in [0.05, 0.1) is 0 Å². The van der Waals surface area contributed by atoms with Crippen molar-refractivity contribution in [3.05, 3.63) is 69.9 Å². The molecule has 0 fully saturated rings. The summed E-state index contributed by atoms with van der Waals surface area (Å²) in [6.07, 6.45) is 1.54. The Morgan fingerprint density at radius 3 is 2.68 bits per heavy atom. The van der Waals surface area contributed by atoms with Gasteiger partial charge in [0, 0.05) is 30.4 Å². The quantitative estimate of drug-likeness (QED) is 0.834. The van der Waals surface area contributed by atoms with Crippen molar-refractivity contribution in [2.75, 3.05) is 6.54 Å². The summed E-state index contributed by atoms with van der Waals surface area (Å²) in [6.45, 7) is 3.02. The number of nitrogens with zero attached hydrogens (tertiary/aromatic N) is 1. The molecule has 0 atom stereocenters. The van der Waals surface area contributed by atoms with E-state index in [0.29, 0.717) is 18.7 Å². The fraction of sp³-hybridized carbons (Fsp3) is 0.294. The molecule has 22 heavy (non-hydrogen) atoms. The number of amides is 1. The number of unbranched alkanes of at least 4 members (excludes halogenated alkanes) is 1. The van der Waals surface area contributed by atoms with E-state index in [1.165, 1.54) is 18.2 Å². The fourth-order valence-corrected chi connectivity index (χ4v) is 2.24. The molecule has 2 aromatic rings. The van der Waals surface area contributed by atoms with Gasteiger partial charge in [0.2, 0.25) is 0 Å². The molecule has 0 spiro atoms. The van der Waals surface area contributed by atoms with Gasteiger partial charge in [-0.25, -0.2) is 4.39 Å². The van der Waals surface area contributed by atoms with Gasteiger partial charge < -0.3 is 9.88 Å². The minimum atomic E-state index is -0.424. The zero-order valence-corrected chi connectivity index (χ0v) is 12.5. The molecule has 1 heterocycles. The molecule has 0 aliphatic carbocycles. The molecule has 116 valence electrons. The largest absolute Gasteiger partial charge is 0.352 e. The summed E-state index contributed by atoms with van der Waals surface area (Å²) in [7, 11) is 0. The molecule has 0 unspecified atom stereocenters. The lowest BCUT2D eigenvalue weighted by Gasteiger charge is -2.09. The first-order valence-electron chi connectivity index (χ1n) is 7.28. The van der Waals surface area contributed by atoms with E-state index >= 15 is 0 Å². The first kappa shape index (κ1) is 15.9. The number of hydrogen-bond acceptors (Lipinski definition) is 2. The molecule has 1 aromatic heterocycles. The highest BCUT2D eigenvalue weighted by atomic mass is 19.1. The first-order valence-corrected chi connectivity index (χ1v) is 7.28. The number of aryl methyl sites for hydroxylation is 1. The molecule has 0 radical (unpaired) electrons. The average molecular weight is 302 g/mol. The molecule has 2 rings (SSSR count). The number of halogens is 1. The van der Waals surface area contributed by atoms with Crippen LogP contribution in [-0.2, 0) is 6.54 Å². The van der Waals surface area contributed by atoms with Crippen molar-refractivity contribution in [1.82, 2.24) is 9.88 Å². The Balaban J connectivity index is 1.76. The number of rotatable bonds is 6. The molecule has 0 saturated carbocycles. The average Bonchev–Trinajstić information content (AvgIpc) is 2.49. The molecule has 0 aliphatic heterocycles. The van der Waals surface area contributed by atoms with Crippen LogP contribution in [0.2, 0.25) is 0 Å². The third kappa shape index (κ3) is 4.28. The highest BCUT2D eigenvalue weighted by molar-refractivity contribution is 5.94. The van der Waals surface area contributed by atoms with E-state index in [1.807, 2.05) is 13.0 Å². The van der Waals surface area contributed by atoms with E-state index in [-0.39, 0.29) is 11.5 Å². The number of hydrogen-bond donors (Lipinski definition) is 1. The summed E-state index contributed by atoms with van der Waals surface area (Å²) in [6, 6.07) is 10.8. The van der Waals surface area contributed by atoms with Crippen molar-refractivity contribution < 1.29 is 9.18 Å². The molecule has 0 aliphatic rings. The monoisotopic (exact) mass is 302 g/mol. The van der Waals surface area contributed by atoms with Crippen LogP contribution in [0.25, 0.3) is 0 Å². The van der Waals surface area contributed by atoms with Gasteiger partial charge in [0.25, 0.3) is 11.5 Å². The highest BCUT2D eigenvalue weighted by Gasteiger charge is 2.05. The van der Waals surface area contributed by atoms with Gasteiger partial charge in [-0.05, 0) is 44.0 Å². The Labute approximate surface area is 128 Å². The van der Waals surface area contributed by atoms with E-state index in [0.717, 1.165) is 18.5 Å². The van der Waals surface area contributed by atoms with Crippen LogP contribution in [0.15, 0.2) is 47.3 Å². The summed E-state index contributed by atoms with van der Waals surface area (Å²) in [5, 5.41) is 2.75. The molecule has 0 saturated heterocycles. The molecule has 0 bridgehead atoms. The van der Waals surface area contributed by atoms with Gasteiger partial charge in [0.15, 0.2) is 0 Å². The molecule has 5 heteroatoms. The number of nitrogens with one attached hydrogen (secondary N) is 1. The van der Waals surface area contributed by atoms with Crippen LogP contribution in [0.4, 0.5) is 4.39 Å². The highest BCUT2D eigenvalue weighted by Crippen LogP contribution is 2.03. The molecular formula is C17H19FN2O2. The van der Waals surface area contributed by atoms with E-state index in [4.69, 9.17) is 0 Å². The van der Waals surface area contributed by atoms with Crippen LogP contribution in [0, 0.1) is 12.7 Å². The second kappa shape index (κ2) is 7.54. The minimum Gasteiger partial charge on any atom is -0.352 e. The van der Waals surface area contributed by atoms with Crippen molar-refractivity contribution >= 4 is 5.91 Å². The minimum absolute atomic E-state index is 0.0104. The van der Waals surface area contributed by atoms with E-state index < -0.39 is 5.82 Å². The first-order chi connectivity index (χ1) is 10.6. The summed E-state index contributed by atoms with van der Waals surface area (Å²) >= 11 is 0. The third-order valence-corrected chi connectivity index (χ3v) is 3.45. The maximum absolute atomic E-state index is 13.0. The second-order valence-corrected chi connectivity index (χ2v) is 5.13. The maximum Gasteiger partial charge on any atom is 0.251 e. The summed E-state index contributed by atoms with van der Waals surface area (Å²) in [4.78, 5) is 23.5. The fourth-order valence-electron chi connectivity index (χ4n) is 2.24. The van der Waals surface area contributed by atoms with Gasteiger partial charge in [-0.2, -0.15) is 0 Å². The SMILES string of the molecule is Cc1cccc(=O)n1CCCCNC(=O)c1cccc(F)c1. The van der Waals surface area contributed by atoms with Crippen LogP contribution in [-0.4, -0.2) is 17.0 Å². The van der Waals surface area contributed by atoms with Gasteiger partial charge in [-0.1, -0.05) is 12.1 Å². The number of carbonyl (C=O) groups is 1. The summed E-state index contributed by atoms with van der Waals surface area (Å²) in [5.74, 6) is -0.709. The van der Waals surface area contributed by atoms with Crippen molar-refractivity contribution in [2.24, 2.45) is 0 Å². The molecule has 1 aromatic carbocycles. The molecular weight excluding hydrogens is 283 g/mol. The van der Waals surface area contributed by atoms with E-state index in [2.05, 4.69) is 5.32 Å². The van der Waals surface area contributed by atoms with Gasteiger partial charge in [-0.3, -0.25) is 9.59 Å². The molecule has 1 amide bonds. The second-order valence-electron chi connectivity index (χ2n) is 5.13. The Bertz CT molecular complexity index is 710. The van der Waals surface area contributed by atoms with Crippen LogP contribution in [0.3, 0.4) is 0 Å². The molecule has 1 N–H and O–H groups in total. The predicted octanol–water partition coefficient (Wildman–Crippen LogP) is 2.51. The number of aromatic nitrogens is 1. The predicted molar refractivity (Wildman–Crippen MR) is 83.4 cm³/mol. The summed E-state index contributed by atoms with van der Waals surface area (Å²) in [5.41, 5.74) is 1.23. The van der Waals surface area contributed by atoms with Crippen LogP contribution < -0.4 is 10.9 Å².